The number of carbonyl (C=O) groups is 1. The number of nitrogens with two attached hydrogens (primary N) is 1. The van der Waals surface area contributed by atoms with E-state index in [0.29, 0.717) is 25.0 Å². The smallest absolute Gasteiger partial charge is 0.226 e. The van der Waals surface area contributed by atoms with Crippen molar-refractivity contribution in [3.05, 3.63) is 0 Å². The molecule has 1 saturated carbocycles. The van der Waals surface area contributed by atoms with Gasteiger partial charge in [0.1, 0.15) is 0 Å². The Labute approximate surface area is 122 Å². The molecule has 1 saturated heterocycles. The molecule has 0 aromatic rings. The van der Waals surface area contributed by atoms with Crippen molar-refractivity contribution in [2.45, 2.75) is 51.7 Å². The van der Waals surface area contributed by atoms with E-state index in [1.54, 1.807) is 0 Å². The number of amides is 1. The van der Waals surface area contributed by atoms with Crippen molar-refractivity contribution < 1.29 is 9.53 Å². The van der Waals surface area contributed by atoms with Crippen molar-refractivity contribution in [1.82, 2.24) is 4.90 Å². The van der Waals surface area contributed by atoms with Crippen LogP contribution in [0, 0.1) is 11.8 Å². The van der Waals surface area contributed by atoms with E-state index in [0.717, 1.165) is 32.2 Å². The Morgan fingerprint density at radius 2 is 2.16 bits per heavy atom. The van der Waals surface area contributed by atoms with E-state index in [-0.39, 0.29) is 30.5 Å². The maximum absolute atomic E-state index is 12.7. The van der Waals surface area contributed by atoms with Crippen molar-refractivity contribution in [2.75, 3.05) is 19.7 Å². The first-order valence-corrected chi connectivity index (χ1v) is 7.29. The molecule has 0 aromatic heterocycles. The fourth-order valence-electron chi connectivity index (χ4n) is 3.31. The van der Waals surface area contributed by atoms with Crippen LogP contribution >= 0.6 is 12.4 Å². The van der Waals surface area contributed by atoms with Gasteiger partial charge in [0, 0.05) is 12.5 Å². The SMILES string of the molecule is CCC1COC(C)CN1C(=O)[C@@H]1CCC[C@@H]1CN.Cl. The maximum Gasteiger partial charge on any atom is 0.226 e. The van der Waals surface area contributed by atoms with Gasteiger partial charge in [-0.3, -0.25) is 4.79 Å². The molecule has 2 unspecified atom stereocenters. The van der Waals surface area contributed by atoms with E-state index in [4.69, 9.17) is 10.5 Å². The molecule has 1 aliphatic heterocycles. The molecular weight excluding hydrogens is 264 g/mol. The Morgan fingerprint density at radius 1 is 1.42 bits per heavy atom. The van der Waals surface area contributed by atoms with Crippen LogP contribution in [-0.2, 0) is 9.53 Å². The molecule has 1 heterocycles. The van der Waals surface area contributed by atoms with E-state index in [2.05, 4.69) is 11.8 Å². The predicted molar refractivity (Wildman–Crippen MR) is 78.3 cm³/mol. The Hall–Kier alpha value is -0.320. The lowest BCUT2D eigenvalue weighted by Crippen LogP contribution is -2.53. The third kappa shape index (κ3) is 3.61. The number of nitrogens with zero attached hydrogens (tertiary/aromatic N) is 1. The second-order valence-corrected chi connectivity index (χ2v) is 5.73. The summed E-state index contributed by atoms with van der Waals surface area (Å²) in [4.78, 5) is 14.8. The number of carbonyl (C=O) groups excluding carboxylic acids is 1. The molecule has 2 fully saturated rings. The molecule has 4 atom stereocenters. The number of hydrogen-bond acceptors (Lipinski definition) is 3. The first-order chi connectivity index (χ1) is 8.67. The highest BCUT2D eigenvalue weighted by Crippen LogP contribution is 2.33. The maximum atomic E-state index is 12.7. The molecule has 112 valence electrons. The van der Waals surface area contributed by atoms with Crippen LogP contribution in [0.2, 0.25) is 0 Å². The van der Waals surface area contributed by atoms with E-state index in [1.807, 2.05) is 6.92 Å². The van der Waals surface area contributed by atoms with E-state index in [9.17, 15) is 4.79 Å². The largest absolute Gasteiger partial charge is 0.375 e. The quantitative estimate of drug-likeness (QED) is 0.862. The number of hydrogen-bond donors (Lipinski definition) is 1. The monoisotopic (exact) mass is 290 g/mol. The van der Waals surface area contributed by atoms with Crippen molar-refractivity contribution in [1.29, 1.82) is 0 Å². The highest BCUT2D eigenvalue weighted by Gasteiger charge is 2.38. The topological polar surface area (TPSA) is 55.6 Å². The van der Waals surface area contributed by atoms with Crippen LogP contribution in [0.15, 0.2) is 0 Å². The van der Waals surface area contributed by atoms with Crippen LogP contribution in [0.3, 0.4) is 0 Å². The van der Waals surface area contributed by atoms with Gasteiger partial charge in [0.25, 0.3) is 0 Å². The van der Waals surface area contributed by atoms with Gasteiger partial charge in [-0.1, -0.05) is 13.3 Å². The van der Waals surface area contributed by atoms with Gasteiger partial charge in [0.05, 0.1) is 18.8 Å². The second kappa shape index (κ2) is 7.46. The summed E-state index contributed by atoms with van der Waals surface area (Å²) in [5.74, 6) is 0.882. The molecule has 2 aliphatic rings. The third-order valence-electron chi connectivity index (χ3n) is 4.50. The summed E-state index contributed by atoms with van der Waals surface area (Å²) in [5.41, 5.74) is 5.79. The van der Waals surface area contributed by atoms with Crippen LogP contribution in [0.4, 0.5) is 0 Å². The number of rotatable bonds is 3. The average molecular weight is 291 g/mol. The Morgan fingerprint density at radius 3 is 2.79 bits per heavy atom. The minimum atomic E-state index is 0. The normalized spacial score (nSPS) is 35.0. The fourth-order valence-corrected chi connectivity index (χ4v) is 3.31. The molecule has 2 rings (SSSR count). The zero-order chi connectivity index (χ0) is 13.1. The number of ether oxygens (including phenoxy) is 1. The molecule has 1 amide bonds. The summed E-state index contributed by atoms with van der Waals surface area (Å²) in [6, 6.07) is 0.257. The molecule has 2 N–H and O–H groups in total. The Kier molecular flexibility index (Phi) is 6.57. The van der Waals surface area contributed by atoms with Crippen molar-refractivity contribution in [3.8, 4) is 0 Å². The summed E-state index contributed by atoms with van der Waals surface area (Å²) >= 11 is 0. The van der Waals surface area contributed by atoms with Crippen molar-refractivity contribution in [3.63, 3.8) is 0 Å². The Bertz CT molecular complexity index is 301. The molecule has 0 aromatic carbocycles. The lowest BCUT2D eigenvalue weighted by Gasteiger charge is -2.40. The van der Waals surface area contributed by atoms with Gasteiger partial charge in [0.15, 0.2) is 0 Å². The summed E-state index contributed by atoms with van der Waals surface area (Å²) in [7, 11) is 0. The minimum Gasteiger partial charge on any atom is -0.375 e. The first-order valence-electron chi connectivity index (χ1n) is 7.29. The molecule has 0 bridgehead atoms. The molecule has 19 heavy (non-hydrogen) atoms. The van der Waals surface area contributed by atoms with Gasteiger partial charge in [-0.25, -0.2) is 0 Å². The number of halogens is 1. The van der Waals surface area contributed by atoms with Crippen LogP contribution in [0.1, 0.15) is 39.5 Å². The molecule has 4 nitrogen and oxygen atoms in total. The second-order valence-electron chi connectivity index (χ2n) is 5.73. The lowest BCUT2D eigenvalue weighted by atomic mass is 9.93. The van der Waals surface area contributed by atoms with Crippen LogP contribution < -0.4 is 5.73 Å². The predicted octanol–water partition coefficient (Wildman–Crippen LogP) is 1.81. The van der Waals surface area contributed by atoms with Crippen molar-refractivity contribution in [2.24, 2.45) is 17.6 Å². The number of morpholine rings is 1. The van der Waals surface area contributed by atoms with Gasteiger partial charge in [-0.2, -0.15) is 0 Å². The van der Waals surface area contributed by atoms with E-state index < -0.39 is 0 Å². The van der Waals surface area contributed by atoms with E-state index >= 15 is 0 Å². The van der Waals surface area contributed by atoms with Crippen LogP contribution in [-0.4, -0.2) is 42.6 Å². The minimum absolute atomic E-state index is 0. The highest BCUT2D eigenvalue weighted by atomic mass is 35.5. The van der Waals surface area contributed by atoms with Gasteiger partial charge < -0.3 is 15.4 Å². The first kappa shape index (κ1) is 16.7. The van der Waals surface area contributed by atoms with Gasteiger partial charge in [-0.05, 0) is 38.6 Å². The molecular formula is C14H27ClN2O2. The highest BCUT2D eigenvalue weighted by molar-refractivity contribution is 5.85. The zero-order valence-electron chi connectivity index (χ0n) is 12.0. The fraction of sp³-hybridized carbons (Fsp3) is 0.929. The van der Waals surface area contributed by atoms with E-state index in [1.165, 1.54) is 0 Å². The lowest BCUT2D eigenvalue weighted by molar-refractivity contribution is -0.149. The Balaban J connectivity index is 0.00000180. The van der Waals surface area contributed by atoms with Crippen molar-refractivity contribution >= 4 is 18.3 Å². The molecule has 5 heteroatoms. The third-order valence-corrected chi connectivity index (χ3v) is 4.50. The summed E-state index contributed by atoms with van der Waals surface area (Å²) < 4.78 is 5.66. The summed E-state index contributed by atoms with van der Waals surface area (Å²) in [6.45, 7) is 6.24. The molecule has 1 aliphatic carbocycles. The van der Waals surface area contributed by atoms with Crippen LogP contribution in [0.5, 0.6) is 0 Å². The molecule has 0 radical (unpaired) electrons. The van der Waals surface area contributed by atoms with Gasteiger partial charge in [-0.15, -0.1) is 12.4 Å². The average Bonchev–Trinajstić information content (AvgIpc) is 2.86. The zero-order valence-corrected chi connectivity index (χ0v) is 12.8. The standard InChI is InChI=1S/C14H26N2O2.ClH/c1-3-12-9-18-10(2)8-16(12)14(17)13-6-4-5-11(13)7-15;/h10-13H,3-9,15H2,1-2H3;1H/t10?,11-,12?,13-;/m1./s1. The van der Waals surface area contributed by atoms with Gasteiger partial charge in [0.2, 0.25) is 5.91 Å². The van der Waals surface area contributed by atoms with Gasteiger partial charge >= 0.3 is 0 Å². The summed E-state index contributed by atoms with van der Waals surface area (Å²) in [6.07, 6.45) is 4.41. The summed E-state index contributed by atoms with van der Waals surface area (Å²) in [5, 5.41) is 0. The van der Waals surface area contributed by atoms with Crippen LogP contribution in [0.25, 0.3) is 0 Å². The molecule has 0 spiro atoms.